The molecular formula is C11H15F2NS. The Kier molecular flexibility index (Phi) is 3.36. The van der Waals surface area contributed by atoms with E-state index in [1.54, 1.807) is 11.3 Å². The molecule has 84 valence electrons. The van der Waals surface area contributed by atoms with Gasteiger partial charge in [0.15, 0.2) is 0 Å². The Morgan fingerprint density at radius 2 is 2.27 bits per heavy atom. The molecule has 15 heavy (non-hydrogen) atoms. The third-order valence-corrected chi connectivity index (χ3v) is 3.68. The number of hydrogen-bond acceptors (Lipinski definition) is 2. The Hall–Kier alpha value is -0.480. The van der Waals surface area contributed by atoms with E-state index in [0.717, 1.165) is 0 Å². The molecule has 0 bridgehead atoms. The highest BCUT2D eigenvalue weighted by atomic mass is 32.1. The monoisotopic (exact) mass is 231 g/mol. The molecule has 0 aromatic carbocycles. The number of nitrogens with one attached hydrogen (secondary N) is 1. The summed E-state index contributed by atoms with van der Waals surface area (Å²) in [6, 6.07) is 0. The average molecular weight is 231 g/mol. The Labute approximate surface area is 92.5 Å². The molecule has 0 radical (unpaired) electrons. The number of rotatable bonds is 5. The summed E-state index contributed by atoms with van der Waals surface area (Å²) in [5.41, 5.74) is 2.64. The van der Waals surface area contributed by atoms with Crippen molar-refractivity contribution in [1.29, 1.82) is 0 Å². The van der Waals surface area contributed by atoms with Crippen molar-refractivity contribution in [3.05, 3.63) is 21.4 Å². The highest BCUT2D eigenvalue weighted by Crippen LogP contribution is 2.45. The number of aryl methyl sites for hydroxylation is 1. The maximum atomic E-state index is 12.0. The van der Waals surface area contributed by atoms with Gasteiger partial charge in [-0.1, -0.05) is 0 Å². The number of thiophene rings is 1. The van der Waals surface area contributed by atoms with E-state index in [9.17, 15) is 8.78 Å². The third kappa shape index (κ3) is 2.75. The SMILES string of the molecule is Cc1scc(CNCC(F)F)c1C1CC1. The highest BCUT2D eigenvalue weighted by molar-refractivity contribution is 7.10. The molecule has 1 aromatic rings. The third-order valence-electron chi connectivity index (χ3n) is 2.70. The first-order valence-electron chi connectivity index (χ1n) is 5.24. The molecular weight excluding hydrogens is 216 g/mol. The van der Waals surface area contributed by atoms with Crippen LogP contribution in [0.5, 0.6) is 0 Å². The molecule has 0 atom stereocenters. The first-order chi connectivity index (χ1) is 7.18. The van der Waals surface area contributed by atoms with Crippen LogP contribution in [-0.4, -0.2) is 13.0 Å². The Bertz CT molecular complexity index is 331. The van der Waals surface area contributed by atoms with Crippen molar-refractivity contribution in [2.45, 2.75) is 38.7 Å². The van der Waals surface area contributed by atoms with Gasteiger partial charge in [0.05, 0.1) is 6.54 Å². The fraction of sp³-hybridized carbons (Fsp3) is 0.636. The van der Waals surface area contributed by atoms with Gasteiger partial charge in [-0.3, -0.25) is 0 Å². The molecule has 4 heteroatoms. The molecule has 1 aliphatic carbocycles. The molecule has 1 heterocycles. The summed E-state index contributed by atoms with van der Waals surface area (Å²) < 4.78 is 23.9. The van der Waals surface area contributed by atoms with E-state index in [2.05, 4.69) is 17.6 Å². The number of halogens is 2. The fourth-order valence-corrected chi connectivity index (χ4v) is 2.84. The molecule has 0 spiro atoms. The quantitative estimate of drug-likeness (QED) is 0.820. The average Bonchev–Trinajstić information content (AvgIpc) is 2.92. The highest BCUT2D eigenvalue weighted by Gasteiger charge is 2.28. The minimum absolute atomic E-state index is 0.209. The summed E-state index contributed by atoms with van der Waals surface area (Å²) in [5.74, 6) is 0.708. The molecule has 0 amide bonds. The van der Waals surface area contributed by atoms with Gasteiger partial charge in [0, 0.05) is 11.4 Å². The second-order valence-electron chi connectivity index (χ2n) is 4.03. The zero-order valence-corrected chi connectivity index (χ0v) is 9.54. The molecule has 1 nitrogen and oxygen atoms in total. The van der Waals surface area contributed by atoms with Gasteiger partial charge < -0.3 is 5.32 Å². The van der Waals surface area contributed by atoms with Gasteiger partial charge in [-0.15, -0.1) is 11.3 Å². The van der Waals surface area contributed by atoms with Gasteiger partial charge in [-0.2, -0.15) is 0 Å². The zero-order chi connectivity index (χ0) is 10.8. The van der Waals surface area contributed by atoms with Gasteiger partial charge >= 0.3 is 0 Å². The summed E-state index contributed by atoms with van der Waals surface area (Å²) in [6.07, 6.45) is 0.271. The van der Waals surface area contributed by atoms with E-state index >= 15 is 0 Å². The van der Waals surface area contributed by atoms with Gasteiger partial charge in [-0.05, 0) is 42.2 Å². The van der Waals surface area contributed by atoms with Gasteiger partial charge in [0.1, 0.15) is 0 Å². The summed E-state index contributed by atoms with van der Waals surface area (Å²) >= 11 is 1.73. The predicted octanol–water partition coefficient (Wildman–Crippen LogP) is 3.29. The van der Waals surface area contributed by atoms with Crippen LogP contribution in [-0.2, 0) is 6.54 Å². The van der Waals surface area contributed by atoms with Crippen molar-refractivity contribution in [2.75, 3.05) is 6.54 Å². The van der Waals surface area contributed by atoms with Crippen LogP contribution in [0.4, 0.5) is 8.78 Å². The predicted molar refractivity (Wildman–Crippen MR) is 58.7 cm³/mol. The molecule has 2 rings (SSSR count). The standard InChI is InChI=1S/C11H15F2NS/c1-7-11(8-2-3-8)9(6-15-7)4-14-5-10(12)13/h6,8,10,14H,2-5H2,1H3. The first-order valence-corrected chi connectivity index (χ1v) is 6.12. The summed E-state index contributed by atoms with van der Waals surface area (Å²) in [5, 5.41) is 4.89. The second-order valence-corrected chi connectivity index (χ2v) is 5.11. The van der Waals surface area contributed by atoms with Crippen LogP contribution in [0.25, 0.3) is 0 Å². The molecule has 1 aliphatic rings. The molecule has 1 fully saturated rings. The normalized spacial score (nSPS) is 16.3. The van der Waals surface area contributed by atoms with E-state index in [4.69, 9.17) is 0 Å². The van der Waals surface area contributed by atoms with Crippen LogP contribution < -0.4 is 5.32 Å². The zero-order valence-electron chi connectivity index (χ0n) is 8.72. The molecule has 1 saturated carbocycles. The number of hydrogen-bond donors (Lipinski definition) is 1. The largest absolute Gasteiger partial charge is 0.307 e. The first kappa shape index (κ1) is 11.0. The number of alkyl halides is 2. The minimum Gasteiger partial charge on any atom is -0.307 e. The van der Waals surface area contributed by atoms with E-state index in [-0.39, 0.29) is 6.54 Å². The Morgan fingerprint density at radius 3 is 2.87 bits per heavy atom. The lowest BCUT2D eigenvalue weighted by molar-refractivity contribution is 0.145. The molecule has 0 aliphatic heterocycles. The van der Waals surface area contributed by atoms with Crippen LogP contribution in [0.2, 0.25) is 0 Å². The van der Waals surface area contributed by atoms with Crippen molar-refractivity contribution in [3.8, 4) is 0 Å². The fourth-order valence-electron chi connectivity index (χ4n) is 1.89. The Morgan fingerprint density at radius 1 is 1.53 bits per heavy atom. The van der Waals surface area contributed by atoms with Crippen molar-refractivity contribution in [2.24, 2.45) is 0 Å². The van der Waals surface area contributed by atoms with Gasteiger partial charge in [0.2, 0.25) is 0 Å². The molecule has 0 saturated heterocycles. The summed E-state index contributed by atoms with van der Waals surface area (Å²) in [4.78, 5) is 1.35. The van der Waals surface area contributed by atoms with Crippen molar-refractivity contribution >= 4 is 11.3 Å². The van der Waals surface area contributed by atoms with Crippen molar-refractivity contribution in [1.82, 2.24) is 5.32 Å². The van der Waals surface area contributed by atoms with Gasteiger partial charge in [0.25, 0.3) is 6.43 Å². The summed E-state index contributed by atoms with van der Waals surface area (Å²) in [7, 11) is 0. The lowest BCUT2D eigenvalue weighted by Gasteiger charge is -2.06. The van der Waals surface area contributed by atoms with Crippen molar-refractivity contribution < 1.29 is 8.78 Å². The lowest BCUT2D eigenvalue weighted by atomic mass is 10.1. The van der Waals surface area contributed by atoms with Crippen molar-refractivity contribution in [3.63, 3.8) is 0 Å². The smallest absolute Gasteiger partial charge is 0.250 e. The van der Waals surface area contributed by atoms with Gasteiger partial charge in [-0.25, -0.2) is 8.78 Å². The Balaban J connectivity index is 1.95. The van der Waals surface area contributed by atoms with Crippen LogP contribution in [0, 0.1) is 6.92 Å². The minimum atomic E-state index is -2.26. The topological polar surface area (TPSA) is 12.0 Å². The van der Waals surface area contributed by atoms with E-state index in [1.807, 2.05) is 0 Å². The van der Waals surface area contributed by atoms with E-state index in [1.165, 1.54) is 28.8 Å². The van der Waals surface area contributed by atoms with E-state index in [0.29, 0.717) is 12.5 Å². The molecule has 0 unspecified atom stereocenters. The van der Waals surface area contributed by atoms with E-state index < -0.39 is 6.43 Å². The van der Waals surface area contributed by atoms with Crippen LogP contribution >= 0.6 is 11.3 Å². The lowest BCUT2D eigenvalue weighted by Crippen LogP contribution is -2.20. The van der Waals surface area contributed by atoms with Crippen LogP contribution in [0.1, 0.15) is 34.8 Å². The summed E-state index contributed by atoms with van der Waals surface area (Å²) in [6.45, 7) is 2.49. The maximum absolute atomic E-state index is 12.0. The van der Waals surface area contributed by atoms with Crippen LogP contribution in [0.3, 0.4) is 0 Å². The molecule has 1 aromatic heterocycles. The molecule has 1 N–H and O–H groups in total. The maximum Gasteiger partial charge on any atom is 0.250 e. The second kappa shape index (κ2) is 4.58. The van der Waals surface area contributed by atoms with Crippen LogP contribution in [0.15, 0.2) is 5.38 Å².